The van der Waals surface area contributed by atoms with Crippen molar-refractivity contribution in [2.75, 3.05) is 0 Å². The van der Waals surface area contributed by atoms with Crippen LogP contribution in [0.5, 0.6) is 0 Å². The van der Waals surface area contributed by atoms with Gasteiger partial charge in [0.15, 0.2) is 11.6 Å². The summed E-state index contributed by atoms with van der Waals surface area (Å²) < 4.78 is 79.0. The van der Waals surface area contributed by atoms with Crippen molar-refractivity contribution in [3.63, 3.8) is 0 Å². The van der Waals surface area contributed by atoms with E-state index in [4.69, 9.17) is 0 Å². The van der Waals surface area contributed by atoms with E-state index in [2.05, 4.69) is 10.2 Å². The van der Waals surface area contributed by atoms with Crippen molar-refractivity contribution in [3.05, 3.63) is 90.0 Å². The summed E-state index contributed by atoms with van der Waals surface area (Å²) in [4.78, 5) is 0. The van der Waals surface area contributed by atoms with Crippen LogP contribution in [0.25, 0.3) is 28.5 Å². The van der Waals surface area contributed by atoms with Crippen molar-refractivity contribution in [1.29, 1.82) is 0 Å². The van der Waals surface area contributed by atoms with E-state index in [9.17, 15) is 26.3 Å². The van der Waals surface area contributed by atoms with Gasteiger partial charge in [-0.05, 0) is 36.4 Å². The molecule has 0 atom stereocenters. The Bertz CT molecular complexity index is 1100. The molecule has 1 aromatic heterocycles. The van der Waals surface area contributed by atoms with Crippen molar-refractivity contribution in [2.24, 2.45) is 0 Å². The second-order valence-electron chi connectivity index (χ2n) is 6.67. The Morgan fingerprint density at radius 2 is 0.903 bits per heavy atom. The molecular formula is C22H13F6N3. The number of halogens is 6. The Balaban J connectivity index is 1.84. The van der Waals surface area contributed by atoms with E-state index in [1.807, 2.05) is 0 Å². The Morgan fingerprint density at radius 3 is 1.26 bits per heavy atom. The van der Waals surface area contributed by atoms with Crippen LogP contribution in [0.4, 0.5) is 26.3 Å². The average molecular weight is 433 g/mol. The van der Waals surface area contributed by atoms with Gasteiger partial charge in [-0.15, -0.1) is 10.2 Å². The van der Waals surface area contributed by atoms with Gasteiger partial charge in [-0.2, -0.15) is 26.3 Å². The molecule has 1 heterocycles. The molecule has 3 nitrogen and oxygen atoms in total. The lowest BCUT2D eigenvalue weighted by atomic mass is 10.1. The van der Waals surface area contributed by atoms with Crippen LogP contribution < -0.4 is 0 Å². The van der Waals surface area contributed by atoms with E-state index in [1.165, 1.54) is 24.3 Å². The highest BCUT2D eigenvalue weighted by Crippen LogP contribution is 2.34. The largest absolute Gasteiger partial charge is 0.416 e. The van der Waals surface area contributed by atoms with Crippen LogP contribution in [0.3, 0.4) is 0 Å². The smallest absolute Gasteiger partial charge is 0.275 e. The molecule has 0 saturated carbocycles. The third-order valence-corrected chi connectivity index (χ3v) is 4.62. The molecule has 0 aliphatic rings. The second kappa shape index (κ2) is 7.57. The van der Waals surface area contributed by atoms with Crippen LogP contribution in [0.1, 0.15) is 11.1 Å². The van der Waals surface area contributed by atoms with E-state index in [0.29, 0.717) is 16.8 Å². The maximum atomic E-state index is 12.9. The van der Waals surface area contributed by atoms with Gasteiger partial charge in [-0.3, -0.25) is 4.57 Å². The number of rotatable bonds is 3. The summed E-state index contributed by atoms with van der Waals surface area (Å²) in [6.45, 7) is 0. The number of hydrogen-bond acceptors (Lipinski definition) is 2. The van der Waals surface area contributed by atoms with Gasteiger partial charge in [0.2, 0.25) is 0 Å². The molecule has 0 radical (unpaired) electrons. The Hall–Kier alpha value is -3.62. The van der Waals surface area contributed by atoms with Gasteiger partial charge >= 0.3 is 12.4 Å². The highest BCUT2D eigenvalue weighted by molar-refractivity contribution is 5.67. The van der Waals surface area contributed by atoms with Crippen LogP contribution in [-0.2, 0) is 12.4 Å². The molecule has 0 fully saturated rings. The minimum Gasteiger partial charge on any atom is -0.275 e. The molecule has 3 aromatic carbocycles. The molecule has 4 aromatic rings. The van der Waals surface area contributed by atoms with Gasteiger partial charge in [0.1, 0.15) is 0 Å². The zero-order valence-corrected chi connectivity index (χ0v) is 15.6. The lowest BCUT2D eigenvalue weighted by Gasteiger charge is -2.12. The maximum Gasteiger partial charge on any atom is 0.416 e. The summed E-state index contributed by atoms with van der Waals surface area (Å²) >= 11 is 0. The summed E-state index contributed by atoms with van der Waals surface area (Å²) in [7, 11) is 0. The van der Waals surface area contributed by atoms with Crippen LogP contribution in [0, 0.1) is 0 Å². The van der Waals surface area contributed by atoms with Crippen LogP contribution >= 0.6 is 0 Å². The third-order valence-electron chi connectivity index (χ3n) is 4.62. The van der Waals surface area contributed by atoms with Gasteiger partial charge in [0.25, 0.3) is 0 Å². The molecule has 0 aliphatic carbocycles. The molecule has 0 aliphatic heterocycles. The first-order chi connectivity index (χ1) is 14.6. The number of benzene rings is 3. The van der Waals surface area contributed by atoms with E-state index in [0.717, 1.165) is 24.3 Å². The molecule has 31 heavy (non-hydrogen) atoms. The number of aromatic nitrogens is 3. The molecule has 9 heteroatoms. The quantitative estimate of drug-likeness (QED) is 0.339. The molecule has 158 valence electrons. The van der Waals surface area contributed by atoms with Crippen molar-refractivity contribution in [2.45, 2.75) is 12.4 Å². The maximum absolute atomic E-state index is 12.9. The molecule has 0 spiro atoms. The first-order valence-electron chi connectivity index (χ1n) is 9.01. The lowest BCUT2D eigenvalue weighted by Crippen LogP contribution is -2.05. The average Bonchev–Trinajstić information content (AvgIpc) is 3.18. The summed E-state index contributed by atoms with van der Waals surface area (Å²) in [5, 5.41) is 8.22. The van der Waals surface area contributed by atoms with Gasteiger partial charge in [0.05, 0.1) is 11.1 Å². The molecule has 0 unspecified atom stereocenters. The normalized spacial score (nSPS) is 12.2. The van der Waals surface area contributed by atoms with Gasteiger partial charge < -0.3 is 0 Å². The van der Waals surface area contributed by atoms with Crippen LogP contribution in [-0.4, -0.2) is 14.8 Å². The lowest BCUT2D eigenvalue weighted by molar-refractivity contribution is -0.138. The van der Waals surface area contributed by atoms with Gasteiger partial charge in [0, 0.05) is 16.8 Å². The molecule has 0 bridgehead atoms. The first kappa shape index (κ1) is 20.6. The molecule has 4 rings (SSSR count). The van der Waals surface area contributed by atoms with Gasteiger partial charge in [-0.25, -0.2) is 0 Å². The second-order valence-corrected chi connectivity index (χ2v) is 6.67. The van der Waals surface area contributed by atoms with E-state index in [1.54, 1.807) is 34.9 Å². The van der Waals surface area contributed by atoms with E-state index in [-0.39, 0.29) is 11.6 Å². The van der Waals surface area contributed by atoms with Gasteiger partial charge in [-0.1, -0.05) is 42.5 Å². The minimum atomic E-state index is -4.48. The predicted octanol–water partition coefficient (Wildman–Crippen LogP) is 6.64. The number of para-hydroxylation sites is 1. The van der Waals surface area contributed by atoms with Crippen molar-refractivity contribution >= 4 is 0 Å². The summed E-state index contributed by atoms with van der Waals surface area (Å²) in [6, 6.07) is 17.7. The number of nitrogens with zero attached hydrogens (tertiary/aromatic N) is 3. The minimum absolute atomic E-state index is 0.259. The molecular weight excluding hydrogens is 420 g/mol. The van der Waals surface area contributed by atoms with Crippen molar-refractivity contribution in [3.8, 4) is 28.5 Å². The Labute approximate surface area is 172 Å². The summed E-state index contributed by atoms with van der Waals surface area (Å²) in [5.74, 6) is 0.518. The van der Waals surface area contributed by atoms with E-state index < -0.39 is 23.5 Å². The van der Waals surface area contributed by atoms with Crippen molar-refractivity contribution < 1.29 is 26.3 Å². The SMILES string of the molecule is FC(F)(F)c1ccc(-c2nnc(-c3ccc(C(F)(F)F)cc3)n2-c2ccccc2)cc1. The van der Waals surface area contributed by atoms with Crippen LogP contribution in [0.2, 0.25) is 0 Å². The number of alkyl halides is 6. The Kier molecular flexibility index (Phi) is 5.04. The topological polar surface area (TPSA) is 30.7 Å². The zero-order chi connectivity index (χ0) is 22.2. The summed E-state index contributed by atoms with van der Waals surface area (Å²) in [6.07, 6.45) is -8.95. The first-order valence-corrected chi connectivity index (χ1v) is 9.01. The molecule has 0 N–H and O–H groups in total. The van der Waals surface area contributed by atoms with Crippen LogP contribution in [0.15, 0.2) is 78.9 Å². The fourth-order valence-electron chi connectivity index (χ4n) is 3.10. The fraction of sp³-hybridized carbons (Fsp3) is 0.0909. The standard InChI is InChI=1S/C22H13F6N3/c23-21(24,25)16-10-6-14(7-11-16)19-29-30-20(31(19)18-4-2-1-3-5-18)15-8-12-17(13-9-15)22(26,27)28/h1-13H. The monoisotopic (exact) mass is 433 g/mol. The number of hydrogen-bond donors (Lipinski definition) is 0. The zero-order valence-electron chi connectivity index (χ0n) is 15.6. The Morgan fingerprint density at radius 1 is 0.516 bits per heavy atom. The highest BCUT2D eigenvalue weighted by Gasteiger charge is 2.31. The van der Waals surface area contributed by atoms with Crippen molar-refractivity contribution in [1.82, 2.24) is 14.8 Å². The summed E-state index contributed by atoms with van der Waals surface area (Å²) in [5.41, 5.74) is -0.239. The third kappa shape index (κ3) is 4.16. The van der Waals surface area contributed by atoms with E-state index >= 15 is 0 Å². The highest BCUT2D eigenvalue weighted by atomic mass is 19.4. The predicted molar refractivity (Wildman–Crippen MR) is 102 cm³/mol. The fourth-order valence-corrected chi connectivity index (χ4v) is 3.10. The molecule has 0 amide bonds. The molecule has 0 saturated heterocycles.